The Balaban J connectivity index is 1.23. The Hall–Kier alpha value is -3.15. The molecule has 1 amide bonds. The molecule has 2 aliphatic rings. The van der Waals surface area contributed by atoms with Crippen LogP contribution in [0.2, 0.25) is 0 Å². The lowest BCUT2D eigenvalue weighted by Gasteiger charge is -2.35. The van der Waals surface area contributed by atoms with E-state index in [1.807, 2.05) is 18.2 Å². The number of morpholine rings is 1. The van der Waals surface area contributed by atoms with Crippen molar-refractivity contribution in [3.8, 4) is 0 Å². The first-order valence-electron chi connectivity index (χ1n) is 11.8. The van der Waals surface area contributed by atoms with Gasteiger partial charge in [-0.1, -0.05) is 54.6 Å². The molecule has 0 radical (unpaired) electrons. The number of ether oxygens (including phenoxy) is 1. The summed E-state index contributed by atoms with van der Waals surface area (Å²) < 4.78 is 5.53. The third-order valence-corrected chi connectivity index (χ3v) is 6.75. The number of hydrogen-bond acceptors (Lipinski definition) is 4. The van der Waals surface area contributed by atoms with E-state index < -0.39 is 0 Å². The largest absolute Gasteiger partial charge is 0.379 e. The van der Waals surface area contributed by atoms with Gasteiger partial charge in [0.05, 0.1) is 19.3 Å². The molecule has 0 saturated carbocycles. The van der Waals surface area contributed by atoms with Crippen molar-refractivity contribution < 1.29 is 9.53 Å². The van der Waals surface area contributed by atoms with Gasteiger partial charge >= 0.3 is 0 Å². The van der Waals surface area contributed by atoms with Crippen LogP contribution in [0.3, 0.4) is 0 Å². The number of carbonyl (C=O) groups excluding carboxylic acids is 1. The van der Waals surface area contributed by atoms with Crippen molar-refractivity contribution in [3.05, 3.63) is 101 Å². The van der Waals surface area contributed by atoms with Crippen LogP contribution in [-0.4, -0.2) is 50.2 Å². The zero-order chi connectivity index (χ0) is 22.5. The topological polar surface area (TPSA) is 44.8 Å². The Morgan fingerprint density at radius 1 is 0.848 bits per heavy atom. The highest BCUT2D eigenvalue weighted by atomic mass is 16.5. The zero-order valence-corrected chi connectivity index (χ0v) is 19.0. The molecule has 0 bridgehead atoms. The highest BCUT2D eigenvalue weighted by Crippen LogP contribution is 2.25. The van der Waals surface area contributed by atoms with Gasteiger partial charge in [0.15, 0.2) is 0 Å². The second-order valence-corrected chi connectivity index (χ2v) is 8.77. The highest BCUT2D eigenvalue weighted by Gasteiger charge is 2.23. The Labute approximate surface area is 196 Å². The number of carbonyl (C=O) groups is 1. The summed E-state index contributed by atoms with van der Waals surface area (Å²) in [5.74, 6) is -0.0280. The standard InChI is InChI=1S/C28H31N3O2/c32-28(29-20-27(23-7-2-1-3-8-23)30-16-18-33-19-17-30)24-10-12-26(13-11-24)31-15-14-22-6-4-5-9-25(22)21-31/h1-13,27H,14-21H2,(H,29,32). The molecule has 0 aromatic heterocycles. The average Bonchev–Trinajstić information content (AvgIpc) is 2.90. The Morgan fingerprint density at radius 3 is 2.30 bits per heavy atom. The van der Waals surface area contributed by atoms with Gasteiger partial charge in [0.2, 0.25) is 0 Å². The van der Waals surface area contributed by atoms with Gasteiger partial charge in [-0.05, 0) is 47.4 Å². The lowest BCUT2D eigenvalue weighted by Crippen LogP contribution is -2.43. The summed E-state index contributed by atoms with van der Waals surface area (Å²) in [4.78, 5) is 17.7. The number of fused-ring (bicyclic) bond motifs is 1. The van der Waals surface area contributed by atoms with Gasteiger partial charge in [-0.2, -0.15) is 0 Å². The quantitative estimate of drug-likeness (QED) is 0.627. The van der Waals surface area contributed by atoms with Gasteiger partial charge in [-0.3, -0.25) is 9.69 Å². The average molecular weight is 442 g/mol. The number of nitrogens with one attached hydrogen (secondary N) is 1. The highest BCUT2D eigenvalue weighted by molar-refractivity contribution is 5.94. The molecule has 2 heterocycles. The summed E-state index contributed by atoms with van der Waals surface area (Å²) in [6.07, 6.45) is 1.06. The van der Waals surface area contributed by atoms with E-state index >= 15 is 0 Å². The molecule has 1 saturated heterocycles. The Kier molecular flexibility index (Phi) is 6.70. The van der Waals surface area contributed by atoms with E-state index in [1.54, 1.807) is 0 Å². The van der Waals surface area contributed by atoms with Crippen molar-refractivity contribution in [3.63, 3.8) is 0 Å². The molecule has 1 atom stereocenters. The first-order valence-corrected chi connectivity index (χ1v) is 11.8. The van der Waals surface area contributed by atoms with Crippen LogP contribution in [-0.2, 0) is 17.7 Å². The molecule has 5 rings (SSSR count). The van der Waals surface area contributed by atoms with Gasteiger partial charge < -0.3 is 15.0 Å². The lowest BCUT2D eigenvalue weighted by atomic mass is 9.99. The van der Waals surface area contributed by atoms with Crippen molar-refractivity contribution >= 4 is 11.6 Å². The third kappa shape index (κ3) is 5.10. The predicted octanol–water partition coefficient (Wildman–Crippen LogP) is 4.05. The molecule has 3 aromatic rings. The Bertz CT molecular complexity index is 1060. The molecule has 1 fully saturated rings. The maximum absolute atomic E-state index is 12.9. The number of anilines is 1. The van der Waals surface area contributed by atoms with E-state index in [2.05, 4.69) is 75.8 Å². The van der Waals surface area contributed by atoms with Crippen LogP contribution in [0.15, 0.2) is 78.9 Å². The lowest BCUT2D eigenvalue weighted by molar-refractivity contribution is 0.0162. The molecule has 2 aliphatic heterocycles. The summed E-state index contributed by atoms with van der Waals surface area (Å²) >= 11 is 0. The number of rotatable bonds is 6. The molecule has 0 aliphatic carbocycles. The summed E-state index contributed by atoms with van der Waals surface area (Å²) in [7, 11) is 0. The van der Waals surface area contributed by atoms with Crippen LogP contribution in [0.5, 0.6) is 0 Å². The molecular weight excluding hydrogens is 410 g/mol. The van der Waals surface area contributed by atoms with E-state index in [0.717, 1.165) is 51.5 Å². The first kappa shape index (κ1) is 21.7. The number of amides is 1. The SMILES string of the molecule is O=C(NCC(c1ccccc1)N1CCOCC1)c1ccc(N2CCc3ccccc3C2)cc1. The molecule has 0 spiro atoms. The minimum absolute atomic E-state index is 0.0280. The Morgan fingerprint density at radius 2 is 1.55 bits per heavy atom. The normalized spacial score (nSPS) is 17.3. The van der Waals surface area contributed by atoms with Crippen LogP contribution in [0.25, 0.3) is 0 Å². The minimum Gasteiger partial charge on any atom is -0.379 e. The molecule has 3 aromatic carbocycles. The summed E-state index contributed by atoms with van der Waals surface area (Å²) in [6.45, 7) is 5.72. The third-order valence-electron chi connectivity index (χ3n) is 6.75. The fourth-order valence-corrected chi connectivity index (χ4v) is 4.85. The van der Waals surface area contributed by atoms with Crippen LogP contribution in [0.4, 0.5) is 5.69 Å². The van der Waals surface area contributed by atoms with Gasteiger partial charge in [0.25, 0.3) is 5.91 Å². The number of nitrogens with zero attached hydrogens (tertiary/aromatic N) is 2. The van der Waals surface area contributed by atoms with Gasteiger partial charge in [0, 0.05) is 44.0 Å². The van der Waals surface area contributed by atoms with E-state index in [-0.39, 0.29) is 11.9 Å². The van der Waals surface area contributed by atoms with Crippen LogP contribution < -0.4 is 10.2 Å². The molecular formula is C28H31N3O2. The van der Waals surface area contributed by atoms with Crippen LogP contribution in [0, 0.1) is 0 Å². The van der Waals surface area contributed by atoms with E-state index in [0.29, 0.717) is 12.1 Å². The van der Waals surface area contributed by atoms with Crippen molar-refractivity contribution in [2.45, 2.75) is 19.0 Å². The first-order chi connectivity index (χ1) is 16.3. The predicted molar refractivity (Wildman–Crippen MR) is 132 cm³/mol. The van der Waals surface area contributed by atoms with E-state index in [9.17, 15) is 4.79 Å². The molecule has 1 N–H and O–H groups in total. The maximum Gasteiger partial charge on any atom is 0.251 e. The minimum atomic E-state index is -0.0280. The summed E-state index contributed by atoms with van der Waals surface area (Å²) in [5, 5.41) is 3.17. The second kappa shape index (κ2) is 10.2. The van der Waals surface area contributed by atoms with Gasteiger partial charge in [-0.15, -0.1) is 0 Å². The summed E-state index contributed by atoms with van der Waals surface area (Å²) in [5.41, 5.74) is 5.92. The monoisotopic (exact) mass is 441 g/mol. The maximum atomic E-state index is 12.9. The molecule has 5 nitrogen and oxygen atoms in total. The molecule has 33 heavy (non-hydrogen) atoms. The zero-order valence-electron chi connectivity index (χ0n) is 19.0. The number of hydrogen-bond donors (Lipinski definition) is 1. The fourth-order valence-electron chi connectivity index (χ4n) is 4.85. The smallest absolute Gasteiger partial charge is 0.251 e. The molecule has 170 valence electrons. The summed E-state index contributed by atoms with van der Waals surface area (Å²) in [6, 6.07) is 27.2. The van der Waals surface area contributed by atoms with Crippen molar-refractivity contribution in [2.24, 2.45) is 0 Å². The fraction of sp³-hybridized carbons (Fsp3) is 0.321. The van der Waals surface area contributed by atoms with Gasteiger partial charge in [0.1, 0.15) is 0 Å². The van der Waals surface area contributed by atoms with Crippen molar-refractivity contribution in [1.29, 1.82) is 0 Å². The van der Waals surface area contributed by atoms with E-state index in [1.165, 1.54) is 16.7 Å². The molecule has 5 heteroatoms. The second-order valence-electron chi connectivity index (χ2n) is 8.77. The van der Waals surface area contributed by atoms with Crippen LogP contribution >= 0.6 is 0 Å². The van der Waals surface area contributed by atoms with Gasteiger partial charge in [-0.25, -0.2) is 0 Å². The number of benzene rings is 3. The van der Waals surface area contributed by atoms with Crippen molar-refractivity contribution in [2.75, 3.05) is 44.3 Å². The van der Waals surface area contributed by atoms with Crippen LogP contribution in [0.1, 0.15) is 33.1 Å². The van der Waals surface area contributed by atoms with Crippen molar-refractivity contribution in [1.82, 2.24) is 10.2 Å². The molecule has 1 unspecified atom stereocenters. The van der Waals surface area contributed by atoms with E-state index in [4.69, 9.17) is 4.74 Å².